The van der Waals surface area contributed by atoms with Gasteiger partial charge in [-0.3, -0.25) is 0 Å². The van der Waals surface area contributed by atoms with Crippen LogP contribution in [0.4, 0.5) is 0 Å². The topological polar surface area (TPSA) is 0 Å². The monoisotopic (exact) mass is 272 g/mol. The Morgan fingerprint density at radius 2 is 1.00 bits per heavy atom. The molecule has 0 saturated heterocycles. The third kappa shape index (κ3) is 21.9. The molecular formula is CH3CrFeMoV-. The molecule has 0 aliphatic heterocycles. The molecule has 0 amide bonds. The van der Waals surface area contributed by atoms with Crippen LogP contribution in [-0.2, 0) is 74.1 Å². The molecule has 0 spiro atoms. The zero-order valence-corrected chi connectivity index (χ0v) is 8.40. The van der Waals surface area contributed by atoms with Crippen molar-refractivity contribution in [1.29, 1.82) is 0 Å². The van der Waals surface area contributed by atoms with Crippen molar-refractivity contribution < 1.29 is 74.1 Å². The predicted molar refractivity (Wildman–Crippen MR) is 6.41 cm³/mol. The molecule has 0 N–H and O–H groups in total. The third-order valence-corrected chi connectivity index (χ3v) is 0. The van der Waals surface area contributed by atoms with Gasteiger partial charge in [-0.05, 0) is 0 Å². The molecule has 4 heteroatoms. The second kappa shape index (κ2) is 33.2. The molecule has 0 rings (SSSR count). The van der Waals surface area contributed by atoms with Crippen molar-refractivity contribution in [2.45, 2.75) is 0 Å². The Morgan fingerprint density at radius 3 is 1.00 bits per heavy atom. The summed E-state index contributed by atoms with van der Waals surface area (Å²) in [6.07, 6.45) is 0. The zero-order chi connectivity index (χ0) is 0. The van der Waals surface area contributed by atoms with E-state index >= 15 is 0 Å². The van der Waals surface area contributed by atoms with Gasteiger partial charge in [0.15, 0.2) is 0 Å². The second-order valence-corrected chi connectivity index (χ2v) is 0. The van der Waals surface area contributed by atoms with Gasteiger partial charge < -0.3 is 7.43 Å². The minimum Gasteiger partial charge on any atom is -0.358 e. The van der Waals surface area contributed by atoms with E-state index in [0.29, 0.717) is 0 Å². The second-order valence-electron chi connectivity index (χ2n) is 0. The SMILES string of the molecule is [CH3-].[Cr].[Fe].[Mo].[V]. The first-order valence-electron chi connectivity index (χ1n) is 0. The van der Waals surface area contributed by atoms with E-state index in [0.717, 1.165) is 0 Å². The fraction of sp³-hybridized carbons (Fsp3) is 0. The van der Waals surface area contributed by atoms with E-state index in [2.05, 4.69) is 0 Å². The largest absolute Gasteiger partial charge is 0.358 e. The average Bonchev–Trinajstić information content (AvgIpc) is 0. The van der Waals surface area contributed by atoms with E-state index in [-0.39, 0.29) is 81.5 Å². The molecule has 0 nitrogen and oxygen atoms in total. The molecular weight excluding hydrogens is 267 g/mol. The summed E-state index contributed by atoms with van der Waals surface area (Å²) in [7, 11) is 0. The fourth-order valence-electron chi connectivity index (χ4n) is 0. The van der Waals surface area contributed by atoms with Crippen molar-refractivity contribution >= 4 is 0 Å². The normalized spacial score (nSPS) is 0. The first kappa shape index (κ1) is 54.2. The van der Waals surface area contributed by atoms with Crippen molar-refractivity contribution in [2.24, 2.45) is 0 Å². The maximum Gasteiger partial charge on any atom is 0 e. The molecule has 0 unspecified atom stereocenters. The van der Waals surface area contributed by atoms with Crippen LogP contribution in [0.2, 0.25) is 0 Å². The van der Waals surface area contributed by atoms with Gasteiger partial charge in [0.25, 0.3) is 0 Å². The van der Waals surface area contributed by atoms with Crippen molar-refractivity contribution in [3.63, 3.8) is 0 Å². The molecule has 5 heavy (non-hydrogen) atoms. The van der Waals surface area contributed by atoms with E-state index in [1.54, 1.807) is 0 Å². The molecule has 0 fully saturated rings. The number of rotatable bonds is 0. The molecule has 0 aromatic heterocycles. The van der Waals surface area contributed by atoms with Crippen LogP contribution < -0.4 is 0 Å². The first-order chi connectivity index (χ1) is 0. The van der Waals surface area contributed by atoms with Crippen molar-refractivity contribution in [3.05, 3.63) is 7.43 Å². The summed E-state index contributed by atoms with van der Waals surface area (Å²) in [6, 6.07) is 0. The Bertz CT molecular complexity index is 11.6. The van der Waals surface area contributed by atoms with Crippen LogP contribution in [0.5, 0.6) is 0 Å². The molecule has 0 aromatic rings. The van der Waals surface area contributed by atoms with Gasteiger partial charge in [0.2, 0.25) is 0 Å². The van der Waals surface area contributed by atoms with E-state index in [4.69, 9.17) is 0 Å². The van der Waals surface area contributed by atoms with Crippen LogP contribution in [0.1, 0.15) is 0 Å². The molecule has 33 valence electrons. The maximum atomic E-state index is 0. The summed E-state index contributed by atoms with van der Waals surface area (Å²) in [5, 5.41) is 0. The minimum absolute atomic E-state index is 0. The van der Waals surface area contributed by atoms with Gasteiger partial charge in [-0.15, -0.1) is 0 Å². The van der Waals surface area contributed by atoms with Crippen LogP contribution >= 0.6 is 0 Å². The Balaban J connectivity index is 0. The van der Waals surface area contributed by atoms with Gasteiger partial charge in [0, 0.05) is 74.1 Å². The molecule has 1 radical (unpaired) electrons. The average molecular weight is 270 g/mol. The van der Waals surface area contributed by atoms with Crippen LogP contribution in [-0.4, -0.2) is 0 Å². The fourth-order valence-corrected chi connectivity index (χ4v) is 0. The van der Waals surface area contributed by atoms with Crippen molar-refractivity contribution in [1.82, 2.24) is 0 Å². The number of hydrogen-bond donors (Lipinski definition) is 0. The summed E-state index contributed by atoms with van der Waals surface area (Å²) in [5.74, 6) is 0. The Hall–Kier alpha value is 2.32. The summed E-state index contributed by atoms with van der Waals surface area (Å²) in [4.78, 5) is 0. The van der Waals surface area contributed by atoms with Gasteiger partial charge in [0.05, 0.1) is 0 Å². The Morgan fingerprint density at radius 1 is 1.00 bits per heavy atom. The smallest absolute Gasteiger partial charge is 0 e. The summed E-state index contributed by atoms with van der Waals surface area (Å²) in [6.45, 7) is 0. The predicted octanol–water partition coefficient (Wildman–Crippen LogP) is 0.440. The molecule has 0 aromatic carbocycles. The molecule has 0 bridgehead atoms. The summed E-state index contributed by atoms with van der Waals surface area (Å²) >= 11 is 0. The van der Waals surface area contributed by atoms with Gasteiger partial charge >= 0.3 is 0 Å². The third-order valence-electron chi connectivity index (χ3n) is 0. The number of hydrogen-bond acceptors (Lipinski definition) is 0. The van der Waals surface area contributed by atoms with Crippen molar-refractivity contribution in [2.75, 3.05) is 0 Å². The quantitative estimate of drug-likeness (QED) is 0.442. The van der Waals surface area contributed by atoms with Crippen LogP contribution in [0, 0.1) is 7.43 Å². The molecule has 0 atom stereocenters. The van der Waals surface area contributed by atoms with Crippen LogP contribution in [0.25, 0.3) is 0 Å². The van der Waals surface area contributed by atoms with E-state index in [1.807, 2.05) is 0 Å². The maximum absolute atomic E-state index is 0. The van der Waals surface area contributed by atoms with Gasteiger partial charge in [0.1, 0.15) is 0 Å². The molecule has 0 aliphatic carbocycles. The zero-order valence-electron chi connectivity index (χ0n) is 2.62. The van der Waals surface area contributed by atoms with E-state index in [1.165, 1.54) is 0 Å². The van der Waals surface area contributed by atoms with Gasteiger partial charge in [-0.25, -0.2) is 0 Å². The molecule has 0 aliphatic rings. The van der Waals surface area contributed by atoms with Crippen LogP contribution in [0.3, 0.4) is 0 Å². The first-order valence-corrected chi connectivity index (χ1v) is 0. The van der Waals surface area contributed by atoms with Gasteiger partial charge in [-0.1, -0.05) is 0 Å². The van der Waals surface area contributed by atoms with Crippen LogP contribution in [0.15, 0.2) is 0 Å². The Labute approximate surface area is 80.6 Å². The van der Waals surface area contributed by atoms with Crippen molar-refractivity contribution in [3.8, 4) is 0 Å². The molecule has 0 saturated carbocycles. The Kier molecular flexibility index (Phi) is 360. The van der Waals surface area contributed by atoms with E-state index < -0.39 is 0 Å². The summed E-state index contributed by atoms with van der Waals surface area (Å²) in [5.41, 5.74) is 0. The summed E-state index contributed by atoms with van der Waals surface area (Å²) < 4.78 is 0. The minimum atomic E-state index is 0. The van der Waals surface area contributed by atoms with E-state index in [9.17, 15) is 0 Å². The standard InChI is InChI=1S/CH3.Cr.Fe.Mo.V/h1H3;;;;/q-1;;;;. The molecule has 0 heterocycles. The van der Waals surface area contributed by atoms with Gasteiger partial charge in [-0.2, -0.15) is 0 Å².